The fourth-order valence-electron chi connectivity index (χ4n) is 1.46. The Balaban J connectivity index is 2.11. The molecule has 0 unspecified atom stereocenters. The molecule has 0 bridgehead atoms. The minimum Gasteiger partial charge on any atom is -0.367 e. The van der Waals surface area contributed by atoms with Gasteiger partial charge in [-0.1, -0.05) is 18.5 Å². The number of hydrogen-bond donors (Lipinski definition) is 1. The second-order valence-corrected chi connectivity index (χ2v) is 4.01. The highest BCUT2D eigenvalue weighted by Gasteiger charge is 2.17. The van der Waals surface area contributed by atoms with Gasteiger partial charge in [0.2, 0.25) is 0 Å². The summed E-state index contributed by atoms with van der Waals surface area (Å²) >= 11 is 5.88. The lowest BCUT2D eigenvalue weighted by Crippen LogP contribution is -2.27. The van der Waals surface area contributed by atoms with E-state index in [2.05, 4.69) is 15.3 Å². The number of hydrogen-bond acceptors (Lipinski definition) is 3. The fraction of sp³-hybridized carbons (Fsp3) is 0.600. The van der Waals surface area contributed by atoms with Crippen LogP contribution in [0.3, 0.4) is 0 Å². The summed E-state index contributed by atoms with van der Waals surface area (Å²) in [5, 5.41) is 3.88. The molecule has 1 aromatic heterocycles. The highest BCUT2D eigenvalue weighted by Crippen LogP contribution is 2.23. The van der Waals surface area contributed by atoms with E-state index in [4.69, 9.17) is 11.6 Å². The average Bonchev–Trinajstić information content (AvgIpc) is 2.10. The van der Waals surface area contributed by atoms with E-state index in [0.717, 1.165) is 18.1 Å². The van der Waals surface area contributed by atoms with Crippen LogP contribution in [0.2, 0.25) is 5.15 Å². The Morgan fingerprint density at radius 1 is 1.50 bits per heavy atom. The summed E-state index contributed by atoms with van der Waals surface area (Å²) < 4.78 is 0. The molecule has 0 saturated heterocycles. The van der Waals surface area contributed by atoms with E-state index in [-0.39, 0.29) is 0 Å². The van der Waals surface area contributed by atoms with Gasteiger partial charge in [-0.15, -0.1) is 0 Å². The third-order valence-corrected chi connectivity index (χ3v) is 2.71. The maximum atomic E-state index is 5.88. The molecule has 0 aromatic carbocycles. The first-order valence-corrected chi connectivity index (χ1v) is 5.45. The molecular formula is C10H14ClN3. The van der Waals surface area contributed by atoms with Gasteiger partial charge in [0, 0.05) is 18.5 Å². The number of aromatic nitrogens is 2. The maximum absolute atomic E-state index is 5.88. The summed E-state index contributed by atoms with van der Waals surface area (Å²) in [7, 11) is 0. The van der Waals surface area contributed by atoms with E-state index in [9.17, 15) is 0 Å². The highest BCUT2D eigenvalue weighted by molar-refractivity contribution is 6.29. The van der Waals surface area contributed by atoms with Gasteiger partial charge in [0.15, 0.2) is 0 Å². The molecule has 0 spiro atoms. The van der Waals surface area contributed by atoms with Gasteiger partial charge < -0.3 is 5.32 Å². The number of halogens is 1. The lowest BCUT2D eigenvalue weighted by atomic mass is 9.93. The van der Waals surface area contributed by atoms with Crippen LogP contribution in [0.15, 0.2) is 6.07 Å². The number of nitrogens with one attached hydrogen (secondary N) is 1. The van der Waals surface area contributed by atoms with Crippen molar-refractivity contribution in [2.75, 3.05) is 5.32 Å². The first-order valence-electron chi connectivity index (χ1n) is 5.08. The molecule has 4 heteroatoms. The highest BCUT2D eigenvalue weighted by atomic mass is 35.5. The molecule has 1 aliphatic carbocycles. The fourth-order valence-corrected chi connectivity index (χ4v) is 1.66. The SMILES string of the molecule is CCc1nc(Cl)cc(NC2CCC2)n1. The van der Waals surface area contributed by atoms with Gasteiger partial charge in [0.05, 0.1) is 0 Å². The largest absolute Gasteiger partial charge is 0.367 e. The summed E-state index contributed by atoms with van der Waals surface area (Å²) in [6.07, 6.45) is 4.61. The summed E-state index contributed by atoms with van der Waals surface area (Å²) in [4.78, 5) is 8.49. The Morgan fingerprint density at radius 2 is 2.29 bits per heavy atom. The Bertz CT molecular complexity index is 323. The van der Waals surface area contributed by atoms with Crippen LogP contribution >= 0.6 is 11.6 Å². The van der Waals surface area contributed by atoms with Crippen LogP contribution in [0.4, 0.5) is 5.82 Å². The van der Waals surface area contributed by atoms with Crippen LogP contribution in [-0.4, -0.2) is 16.0 Å². The standard InChI is InChI=1S/C10H14ClN3/c1-2-9-13-8(11)6-10(14-9)12-7-4-3-5-7/h6-7H,2-5H2,1H3,(H,12,13,14). The van der Waals surface area contributed by atoms with E-state index in [1.165, 1.54) is 19.3 Å². The van der Waals surface area contributed by atoms with Crippen molar-refractivity contribution in [2.24, 2.45) is 0 Å². The van der Waals surface area contributed by atoms with E-state index >= 15 is 0 Å². The minimum atomic E-state index is 0.527. The Kier molecular flexibility index (Phi) is 2.87. The molecule has 3 nitrogen and oxygen atoms in total. The number of anilines is 1. The maximum Gasteiger partial charge on any atom is 0.134 e. The lowest BCUT2D eigenvalue weighted by Gasteiger charge is -2.26. The van der Waals surface area contributed by atoms with Crippen molar-refractivity contribution < 1.29 is 0 Å². The van der Waals surface area contributed by atoms with Gasteiger partial charge >= 0.3 is 0 Å². The number of aryl methyl sites for hydroxylation is 1. The summed E-state index contributed by atoms with van der Waals surface area (Å²) in [5.74, 6) is 1.67. The molecule has 1 aliphatic rings. The molecule has 76 valence electrons. The van der Waals surface area contributed by atoms with Crippen molar-refractivity contribution >= 4 is 17.4 Å². The summed E-state index contributed by atoms with van der Waals surface area (Å²) in [6.45, 7) is 2.03. The minimum absolute atomic E-state index is 0.527. The Labute approximate surface area is 88.9 Å². The molecule has 2 rings (SSSR count). The van der Waals surface area contributed by atoms with Gasteiger partial charge in [-0.2, -0.15) is 0 Å². The van der Waals surface area contributed by atoms with Gasteiger partial charge in [-0.05, 0) is 19.3 Å². The zero-order chi connectivity index (χ0) is 9.97. The third-order valence-electron chi connectivity index (χ3n) is 2.51. The van der Waals surface area contributed by atoms with Crippen LogP contribution in [-0.2, 0) is 6.42 Å². The van der Waals surface area contributed by atoms with Crippen molar-refractivity contribution in [2.45, 2.75) is 38.6 Å². The number of rotatable bonds is 3. The number of nitrogens with zero attached hydrogens (tertiary/aromatic N) is 2. The van der Waals surface area contributed by atoms with E-state index in [1.54, 1.807) is 6.07 Å². The first kappa shape index (κ1) is 9.71. The van der Waals surface area contributed by atoms with Gasteiger partial charge in [0.25, 0.3) is 0 Å². The monoisotopic (exact) mass is 211 g/mol. The van der Waals surface area contributed by atoms with Gasteiger partial charge in [0.1, 0.15) is 16.8 Å². The smallest absolute Gasteiger partial charge is 0.134 e. The van der Waals surface area contributed by atoms with Gasteiger partial charge in [-0.3, -0.25) is 0 Å². The zero-order valence-electron chi connectivity index (χ0n) is 8.26. The van der Waals surface area contributed by atoms with Crippen LogP contribution in [0, 0.1) is 0 Å². The average molecular weight is 212 g/mol. The molecule has 0 aliphatic heterocycles. The molecule has 1 saturated carbocycles. The first-order chi connectivity index (χ1) is 6.78. The second kappa shape index (κ2) is 4.13. The normalized spacial score (nSPS) is 16.4. The topological polar surface area (TPSA) is 37.8 Å². The van der Waals surface area contributed by atoms with Crippen LogP contribution < -0.4 is 5.32 Å². The molecular weight excluding hydrogens is 198 g/mol. The van der Waals surface area contributed by atoms with Crippen LogP contribution in [0.25, 0.3) is 0 Å². The quantitative estimate of drug-likeness (QED) is 0.782. The lowest BCUT2D eigenvalue weighted by molar-refractivity contribution is 0.444. The molecule has 1 aromatic rings. The van der Waals surface area contributed by atoms with E-state index < -0.39 is 0 Å². The van der Waals surface area contributed by atoms with E-state index in [0.29, 0.717) is 11.2 Å². The van der Waals surface area contributed by atoms with Crippen molar-refractivity contribution in [3.8, 4) is 0 Å². The van der Waals surface area contributed by atoms with Crippen molar-refractivity contribution in [1.29, 1.82) is 0 Å². The summed E-state index contributed by atoms with van der Waals surface area (Å²) in [6, 6.07) is 2.38. The molecule has 1 fully saturated rings. The predicted molar refractivity (Wildman–Crippen MR) is 57.7 cm³/mol. The van der Waals surface area contributed by atoms with E-state index in [1.807, 2.05) is 6.92 Å². The molecule has 1 heterocycles. The second-order valence-electron chi connectivity index (χ2n) is 3.62. The molecule has 1 N–H and O–H groups in total. The Morgan fingerprint density at radius 3 is 2.86 bits per heavy atom. The zero-order valence-corrected chi connectivity index (χ0v) is 9.01. The van der Waals surface area contributed by atoms with Crippen molar-refractivity contribution in [3.05, 3.63) is 17.0 Å². The van der Waals surface area contributed by atoms with Crippen LogP contribution in [0.1, 0.15) is 32.0 Å². The third kappa shape index (κ3) is 2.15. The van der Waals surface area contributed by atoms with Crippen LogP contribution in [0.5, 0.6) is 0 Å². The van der Waals surface area contributed by atoms with Gasteiger partial charge in [-0.25, -0.2) is 9.97 Å². The van der Waals surface area contributed by atoms with Crippen molar-refractivity contribution in [1.82, 2.24) is 9.97 Å². The molecule has 0 radical (unpaired) electrons. The Hall–Kier alpha value is -0.830. The molecule has 0 amide bonds. The molecule has 14 heavy (non-hydrogen) atoms. The van der Waals surface area contributed by atoms with Crippen molar-refractivity contribution in [3.63, 3.8) is 0 Å². The molecule has 0 atom stereocenters. The summed E-state index contributed by atoms with van der Waals surface area (Å²) in [5.41, 5.74) is 0. The predicted octanol–water partition coefficient (Wildman–Crippen LogP) is 2.66.